The number of methoxy groups -OCH3 is 1. The number of anilines is 1. The maximum atomic E-state index is 9.92. The first kappa shape index (κ1) is 13.3. The Morgan fingerprint density at radius 3 is 2.94 bits per heavy atom. The van der Waals surface area contributed by atoms with Gasteiger partial charge in [0.2, 0.25) is 0 Å². The maximum absolute atomic E-state index is 9.92. The van der Waals surface area contributed by atoms with Gasteiger partial charge >= 0.3 is 0 Å². The second-order valence-corrected chi connectivity index (χ2v) is 4.88. The molecule has 4 heteroatoms. The molecule has 0 saturated carbocycles. The predicted molar refractivity (Wildman–Crippen MR) is 71.8 cm³/mol. The lowest BCUT2D eigenvalue weighted by atomic mass is 9.95. The first-order valence-corrected chi connectivity index (χ1v) is 6.61. The number of nitrogens with zero attached hydrogens (tertiary/aromatic N) is 2. The second-order valence-electron chi connectivity index (χ2n) is 4.88. The molecule has 0 unspecified atom stereocenters. The molecule has 1 aliphatic heterocycles. The fourth-order valence-electron chi connectivity index (χ4n) is 2.45. The van der Waals surface area contributed by atoms with Gasteiger partial charge in [-0.15, -0.1) is 0 Å². The molecule has 18 heavy (non-hydrogen) atoms. The average molecular weight is 250 g/mol. The van der Waals surface area contributed by atoms with E-state index >= 15 is 0 Å². The Bertz CT molecular complexity index is 367. The van der Waals surface area contributed by atoms with Gasteiger partial charge in [0, 0.05) is 31.8 Å². The SMILES string of the molecule is CCc1ccc(N2CC[C@H](O)[C@@H](COC)C2)cn1. The molecule has 0 amide bonds. The van der Waals surface area contributed by atoms with E-state index in [1.807, 2.05) is 6.20 Å². The summed E-state index contributed by atoms with van der Waals surface area (Å²) in [5.74, 6) is 0.189. The molecule has 0 aliphatic carbocycles. The molecular weight excluding hydrogens is 228 g/mol. The van der Waals surface area contributed by atoms with Gasteiger partial charge in [-0.2, -0.15) is 0 Å². The number of aliphatic hydroxyl groups is 1. The maximum Gasteiger partial charge on any atom is 0.0624 e. The van der Waals surface area contributed by atoms with Crippen LogP contribution in [0.4, 0.5) is 5.69 Å². The first-order chi connectivity index (χ1) is 8.74. The first-order valence-electron chi connectivity index (χ1n) is 6.61. The van der Waals surface area contributed by atoms with Gasteiger partial charge in [0.25, 0.3) is 0 Å². The standard InChI is InChI=1S/C14H22N2O2/c1-3-12-4-5-13(8-15-12)16-7-6-14(17)11(9-16)10-18-2/h4-5,8,11,14,17H,3,6-7,9-10H2,1-2H3/t11-,14+/m1/s1. The lowest BCUT2D eigenvalue weighted by molar-refractivity contribution is 0.0359. The van der Waals surface area contributed by atoms with E-state index in [4.69, 9.17) is 4.74 Å². The monoisotopic (exact) mass is 250 g/mol. The third-order valence-electron chi connectivity index (χ3n) is 3.61. The molecule has 0 spiro atoms. The Balaban J connectivity index is 2.03. The van der Waals surface area contributed by atoms with Crippen LogP contribution in [0, 0.1) is 5.92 Å². The van der Waals surface area contributed by atoms with Crippen molar-refractivity contribution in [1.29, 1.82) is 0 Å². The predicted octanol–water partition coefficient (Wildman–Crippen LogP) is 1.48. The molecule has 1 aromatic heterocycles. The molecule has 1 aromatic rings. The van der Waals surface area contributed by atoms with Crippen molar-refractivity contribution in [3.63, 3.8) is 0 Å². The van der Waals surface area contributed by atoms with E-state index in [1.165, 1.54) is 0 Å². The van der Waals surface area contributed by atoms with Gasteiger partial charge in [-0.25, -0.2) is 0 Å². The molecule has 2 atom stereocenters. The smallest absolute Gasteiger partial charge is 0.0624 e. The summed E-state index contributed by atoms with van der Waals surface area (Å²) in [6, 6.07) is 4.19. The van der Waals surface area contributed by atoms with E-state index in [1.54, 1.807) is 7.11 Å². The Morgan fingerprint density at radius 2 is 2.33 bits per heavy atom. The summed E-state index contributed by atoms with van der Waals surface area (Å²) in [6.07, 6.45) is 3.44. The van der Waals surface area contributed by atoms with Crippen molar-refractivity contribution in [2.24, 2.45) is 5.92 Å². The van der Waals surface area contributed by atoms with Crippen LogP contribution in [0.15, 0.2) is 18.3 Å². The highest BCUT2D eigenvalue weighted by atomic mass is 16.5. The molecular formula is C14H22N2O2. The Labute approximate surface area is 109 Å². The third-order valence-corrected chi connectivity index (χ3v) is 3.61. The normalized spacial score (nSPS) is 24.3. The topological polar surface area (TPSA) is 45.6 Å². The van der Waals surface area contributed by atoms with E-state index in [9.17, 15) is 5.11 Å². The van der Waals surface area contributed by atoms with Crippen LogP contribution in [0.25, 0.3) is 0 Å². The summed E-state index contributed by atoms with van der Waals surface area (Å²) in [4.78, 5) is 6.71. The van der Waals surface area contributed by atoms with Crippen molar-refractivity contribution in [2.45, 2.75) is 25.9 Å². The van der Waals surface area contributed by atoms with Crippen molar-refractivity contribution in [3.05, 3.63) is 24.0 Å². The molecule has 1 saturated heterocycles. The van der Waals surface area contributed by atoms with Crippen LogP contribution < -0.4 is 4.90 Å². The fourth-order valence-corrected chi connectivity index (χ4v) is 2.45. The van der Waals surface area contributed by atoms with Crippen LogP contribution in [-0.2, 0) is 11.2 Å². The number of hydrogen-bond donors (Lipinski definition) is 1. The van der Waals surface area contributed by atoms with Crippen LogP contribution in [0.1, 0.15) is 19.0 Å². The van der Waals surface area contributed by atoms with Gasteiger partial charge in [0.05, 0.1) is 24.6 Å². The minimum atomic E-state index is -0.246. The molecule has 2 rings (SSSR count). The second kappa shape index (κ2) is 6.16. The minimum Gasteiger partial charge on any atom is -0.393 e. The summed E-state index contributed by atoms with van der Waals surface area (Å²) < 4.78 is 5.17. The number of aliphatic hydroxyl groups excluding tert-OH is 1. The number of rotatable bonds is 4. The zero-order valence-corrected chi connectivity index (χ0v) is 11.2. The van der Waals surface area contributed by atoms with E-state index in [2.05, 4.69) is 28.9 Å². The van der Waals surface area contributed by atoms with Crippen LogP contribution in [-0.4, -0.2) is 43.0 Å². The average Bonchev–Trinajstić information content (AvgIpc) is 2.42. The highest BCUT2D eigenvalue weighted by Gasteiger charge is 2.27. The number of hydrogen-bond acceptors (Lipinski definition) is 4. The summed E-state index contributed by atoms with van der Waals surface area (Å²) in [5, 5.41) is 9.92. The largest absolute Gasteiger partial charge is 0.393 e. The van der Waals surface area contributed by atoms with Crippen LogP contribution in [0.5, 0.6) is 0 Å². The Morgan fingerprint density at radius 1 is 1.50 bits per heavy atom. The fraction of sp³-hybridized carbons (Fsp3) is 0.643. The van der Waals surface area contributed by atoms with Crippen LogP contribution in [0.3, 0.4) is 0 Å². The molecule has 1 aliphatic rings. The van der Waals surface area contributed by atoms with E-state index < -0.39 is 0 Å². The molecule has 1 fully saturated rings. The highest BCUT2D eigenvalue weighted by Crippen LogP contribution is 2.23. The molecule has 0 bridgehead atoms. The number of piperidine rings is 1. The Hall–Kier alpha value is -1.13. The lowest BCUT2D eigenvalue weighted by Gasteiger charge is -2.37. The number of aromatic nitrogens is 1. The van der Waals surface area contributed by atoms with Crippen molar-refractivity contribution < 1.29 is 9.84 Å². The Kier molecular flexibility index (Phi) is 4.55. The van der Waals surface area contributed by atoms with Crippen LogP contribution >= 0.6 is 0 Å². The molecule has 2 heterocycles. The van der Waals surface area contributed by atoms with Crippen LogP contribution in [0.2, 0.25) is 0 Å². The van der Waals surface area contributed by atoms with Gasteiger partial charge in [-0.1, -0.05) is 6.92 Å². The van der Waals surface area contributed by atoms with Crippen molar-refractivity contribution in [2.75, 3.05) is 31.7 Å². The number of ether oxygens (including phenoxy) is 1. The van der Waals surface area contributed by atoms with Gasteiger partial charge < -0.3 is 14.7 Å². The highest BCUT2D eigenvalue weighted by molar-refractivity contribution is 5.45. The summed E-state index contributed by atoms with van der Waals surface area (Å²) in [5.41, 5.74) is 2.25. The number of pyridine rings is 1. The summed E-state index contributed by atoms with van der Waals surface area (Å²) in [6.45, 7) is 4.43. The molecule has 0 aromatic carbocycles. The quantitative estimate of drug-likeness (QED) is 0.879. The molecule has 1 N–H and O–H groups in total. The van der Waals surface area contributed by atoms with E-state index in [0.717, 1.165) is 37.3 Å². The summed E-state index contributed by atoms with van der Waals surface area (Å²) in [7, 11) is 1.68. The van der Waals surface area contributed by atoms with Gasteiger partial charge in [0.1, 0.15) is 0 Å². The summed E-state index contributed by atoms with van der Waals surface area (Å²) >= 11 is 0. The van der Waals surface area contributed by atoms with Crippen molar-refractivity contribution >= 4 is 5.69 Å². The van der Waals surface area contributed by atoms with Gasteiger partial charge in [0.15, 0.2) is 0 Å². The lowest BCUT2D eigenvalue weighted by Crippen LogP contribution is -2.45. The third kappa shape index (κ3) is 3.00. The zero-order chi connectivity index (χ0) is 13.0. The minimum absolute atomic E-state index is 0.189. The van der Waals surface area contributed by atoms with E-state index in [-0.39, 0.29) is 12.0 Å². The van der Waals surface area contributed by atoms with Crippen molar-refractivity contribution in [3.8, 4) is 0 Å². The molecule has 4 nitrogen and oxygen atoms in total. The number of aryl methyl sites for hydroxylation is 1. The van der Waals surface area contributed by atoms with Gasteiger partial charge in [-0.3, -0.25) is 4.98 Å². The van der Waals surface area contributed by atoms with E-state index in [0.29, 0.717) is 6.61 Å². The molecule has 0 radical (unpaired) electrons. The van der Waals surface area contributed by atoms with Crippen molar-refractivity contribution in [1.82, 2.24) is 4.98 Å². The zero-order valence-electron chi connectivity index (χ0n) is 11.2. The molecule has 100 valence electrons. The van der Waals surface area contributed by atoms with Gasteiger partial charge in [-0.05, 0) is 25.0 Å².